The first-order valence-electron chi connectivity index (χ1n) is 5.73. The van der Waals surface area contributed by atoms with Gasteiger partial charge in [-0.3, -0.25) is 14.5 Å². The molecule has 0 aliphatic heterocycles. The van der Waals surface area contributed by atoms with Gasteiger partial charge in [0.15, 0.2) is 0 Å². The molecule has 0 saturated carbocycles. The number of carbonyl (C=O) groups is 2. The number of amides is 1. The van der Waals surface area contributed by atoms with Crippen LogP contribution in [0.1, 0.15) is 20.8 Å². The van der Waals surface area contributed by atoms with Gasteiger partial charge in [-0.15, -0.1) is 6.58 Å². The summed E-state index contributed by atoms with van der Waals surface area (Å²) in [6, 6.07) is -0.451. The average Bonchev–Trinajstić information content (AvgIpc) is 2.22. The van der Waals surface area contributed by atoms with Crippen molar-refractivity contribution in [3.63, 3.8) is 0 Å². The summed E-state index contributed by atoms with van der Waals surface area (Å²) in [6.45, 7) is 10.1. The molecule has 0 aliphatic carbocycles. The van der Waals surface area contributed by atoms with Crippen molar-refractivity contribution < 1.29 is 14.7 Å². The van der Waals surface area contributed by atoms with Crippen molar-refractivity contribution in [2.75, 3.05) is 19.6 Å². The van der Waals surface area contributed by atoms with Crippen LogP contribution in [0.4, 0.5) is 0 Å². The normalized spacial score (nSPS) is 12.5. The molecule has 0 bridgehead atoms. The molecule has 98 valence electrons. The second kappa shape index (κ2) is 7.84. The van der Waals surface area contributed by atoms with Crippen LogP contribution in [0.15, 0.2) is 12.7 Å². The lowest BCUT2D eigenvalue weighted by Crippen LogP contribution is -2.48. The number of aliphatic carboxylic acids is 1. The summed E-state index contributed by atoms with van der Waals surface area (Å²) < 4.78 is 0. The molecular formula is C12H22N2O3. The molecule has 1 amide bonds. The van der Waals surface area contributed by atoms with Crippen molar-refractivity contribution in [3.05, 3.63) is 12.7 Å². The highest BCUT2D eigenvalue weighted by Crippen LogP contribution is 2.04. The molecule has 0 heterocycles. The van der Waals surface area contributed by atoms with Gasteiger partial charge in [0.1, 0.15) is 0 Å². The second-order valence-corrected chi connectivity index (χ2v) is 4.43. The number of hydrogen-bond acceptors (Lipinski definition) is 3. The zero-order valence-electron chi connectivity index (χ0n) is 10.8. The Morgan fingerprint density at radius 1 is 1.41 bits per heavy atom. The molecule has 1 atom stereocenters. The molecule has 0 saturated heterocycles. The first-order valence-corrected chi connectivity index (χ1v) is 5.73. The van der Waals surface area contributed by atoms with Crippen LogP contribution in [0.25, 0.3) is 0 Å². The van der Waals surface area contributed by atoms with Gasteiger partial charge >= 0.3 is 5.97 Å². The Kier molecular flexibility index (Phi) is 7.21. The van der Waals surface area contributed by atoms with E-state index in [1.165, 1.54) is 0 Å². The van der Waals surface area contributed by atoms with Crippen LogP contribution < -0.4 is 5.32 Å². The average molecular weight is 242 g/mol. The molecule has 0 aromatic heterocycles. The van der Waals surface area contributed by atoms with Crippen LogP contribution >= 0.6 is 0 Å². The molecular weight excluding hydrogens is 220 g/mol. The van der Waals surface area contributed by atoms with Gasteiger partial charge in [-0.2, -0.15) is 0 Å². The summed E-state index contributed by atoms with van der Waals surface area (Å²) >= 11 is 0. The van der Waals surface area contributed by atoms with E-state index in [1.54, 1.807) is 17.9 Å². The molecule has 5 nitrogen and oxygen atoms in total. The Labute approximate surface area is 102 Å². The van der Waals surface area contributed by atoms with E-state index < -0.39 is 12.0 Å². The molecule has 0 aromatic rings. The van der Waals surface area contributed by atoms with E-state index in [4.69, 9.17) is 5.11 Å². The number of nitrogens with zero attached hydrogens (tertiary/aromatic N) is 1. The summed E-state index contributed by atoms with van der Waals surface area (Å²) in [6.07, 6.45) is 1.59. The summed E-state index contributed by atoms with van der Waals surface area (Å²) in [5.74, 6) is -0.787. The maximum Gasteiger partial charge on any atom is 0.317 e. The molecule has 0 spiro atoms. The van der Waals surface area contributed by atoms with Crippen LogP contribution in [0.5, 0.6) is 0 Å². The minimum absolute atomic E-state index is 0.124. The largest absolute Gasteiger partial charge is 0.480 e. The smallest absolute Gasteiger partial charge is 0.317 e. The quantitative estimate of drug-likeness (QED) is 0.615. The van der Waals surface area contributed by atoms with Crippen LogP contribution in [-0.2, 0) is 9.59 Å². The first-order chi connectivity index (χ1) is 7.88. The van der Waals surface area contributed by atoms with Gasteiger partial charge in [0.25, 0.3) is 0 Å². The van der Waals surface area contributed by atoms with Gasteiger partial charge in [-0.05, 0) is 12.8 Å². The third kappa shape index (κ3) is 6.73. The predicted molar refractivity (Wildman–Crippen MR) is 66.7 cm³/mol. The highest BCUT2D eigenvalue weighted by Gasteiger charge is 2.23. The maximum absolute atomic E-state index is 11.7. The molecule has 5 heteroatoms. The zero-order chi connectivity index (χ0) is 13.4. The third-order valence-electron chi connectivity index (χ3n) is 2.29. The van der Waals surface area contributed by atoms with Crippen molar-refractivity contribution in [2.45, 2.75) is 26.8 Å². The predicted octanol–water partition coefficient (Wildman–Crippen LogP) is 0.720. The minimum Gasteiger partial charge on any atom is -0.480 e. The Balaban J connectivity index is 4.48. The summed E-state index contributed by atoms with van der Waals surface area (Å²) in [5.41, 5.74) is 0. The molecule has 0 radical (unpaired) electrons. The Bertz CT molecular complexity index is 277. The van der Waals surface area contributed by atoms with Crippen molar-refractivity contribution in [3.8, 4) is 0 Å². The number of carbonyl (C=O) groups excluding carboxylic acids is 1. The van der Waals surface area contributed by atoms with E-state index in [1.807, 2.05) is 13.8 Å². The van der Waals surface area contributed by atoms with E-state index in [-0.39, 0.29) is 12.5 Å². The van der Waals surface area contributed by atoms with Gasteiger partial charge in [-0.1, -0.05) is 19.9 Å². The summed E-state index contributed by atoms with van der Waals surface area (Å²) in [5, 5.41) is 11.5. The Morgan fingerprint density at radius 3 is 2.41 bits per heavy atom. The number of carboxylic acid groups (broad SMARTS) is 1. The standard InChI is InChI=1S/C12H22N2O3/c1-5-6-13-12(17)10(4)14(7-9(2)3)8-11(15)16/h5,9-10H,1,6-8H2,2-4H3,(H,13,17)(H,15,16). The fourth-order valence-corrected chi connectivity index (χ4v) is 1.49. The van der Waals surface area contributed by atoms with Gasteiger partial charge in [0, 0.05) is 13.1 Å². The van der Waals surface area contributed by atoms with E-state index in [0.717, 1.165) is 0 Å². The number of nitrogens with one attached hydrogen (secondary N) is 1. The van der Waals surface area contributed by atoms with E-state index in [2.05, 4.69) is 11.9 Å². The molecule has 0 fully saturated rings. The van der Waals surface area contributed by atoms with Gasteiger partial charge in [0.05, 0.1) is 12.6 Å². The zero-order valence-corrected chi connectivity index (χ0v) is 10.8. The fraction of sp³-hybridized carbons (Fsp3) is 0.667. The van der Waals surface area contributed by atoms with Crippen LogP contribution in [-0.4, -0.2) is 47.6 Å². The topological polar surface area (TPSA) is 69.6 Å². The lowest BCUT2D eigenvalue weighted by molar-refractivity contribution is -0.140. The lowest BCUT2D eigenvalue weighted by Gasteiger charge is -2.28. The van der Waals surface area contributed by atoms with E-state index in [9.17, 15) is 9.59 Å². The van der Waals surface area contributed by atoms with Crippen LogP contribution in [0.2, 0.25) is 0 Å². The third-order valence-corrected chi connectivity index (χ3v) is 2.29. The van der Waals surface area contributed by atoms with Crippen molar-refractivity contribution in [2.24, 2.45) is 5.92 Å². The highest BCUT2D eigenvalue weighted by atomic mass is 16.4. The molecule has 1 unspecified atom stereocenters. The second-order valence-electron chi connectivity index (χ2n) is 4.43. The van der Waals surface area contributed by atoms with Crippen molar-refractivity contribution in [1.82, 2.24) is 10.2 Å². The van der Waals surface area contributed by atoms with E-state index in [0.29, 0.717) is 19.0 Å². The number of carboxylic acids is 1. The lowest BCUT2D eigenvalue weighted by atomic mass is 10.1. The molecule has 0 aliphatic rings. The molecule has 17 heavy (non-hydrogen) atoms. The fourth-order valence-electron chi connectivity index (χ4n) is 1.49. The van der Waals surface area contributed by atoms with Gasteiger partial charge in [-0.25, -0.2) is 0 Å². The van der Waals surface area contributed by atoms with Gasteiger partial charge in [0.2, 0.25) is 5.91 Å². The first kappa shape index (κ1) is 15.6. The molecule has 0 rings (SSSR count). The number of rotatable bonds is 8. The highest BCUT2D eigenvalue weighted by molar-refractivity contribution is 5.82. The van der Waals surface area contributed by atoms with Crippen LogP contribution in [0.3, 0.4) is 0 Å². The summed E-state index contributed by atoms with van der Waals surface area (Å²) in [4.78, 5) is 24.1. The Morgan fingerprint density at radius 2 is 2.00 bits per heavy atom. The minimum atomic E-state index is -0.922. The van der Waals surface area contributed by atoms with Gasteiger partial charge < -0.3 is 10.4 Å². The monoisotopic (exact) mass is 242 g/mol. The molecule has 0 aromatic carbocycles. The van der Waals surface area contributed by atoms with Crippen molar-refractivity contribution >= 4 is 11.9 Å². The van der Waals surface area contributed by atoms with Crippen molar-refractivity contribution in [1.29, 1.82) is 0 Å². The number of hydrogen-bond donors (Lipinski definition) is 2. The summed E-state index contributed by atoms with van der Waals surface area (Å²) in [7, 11) is 0. The SMILES string of the molecule is C=CCNC(=O)C(C)N(CC(=O)O)CC(C)C. The van der Waals surface area contributed by atoms with Crippen LogP contribution in [0, 0.1) is 5.92 Å². The molecule has 2 N–H and O–H groups in total. The maximum atomic E-state index is 11.7. The Hall–Kier alpha value is -1.36. The van der Waals surface area contributed by atoms with E-state index >= 15 is 0 Å².